The van der Waals surface area contributed by atoms with Crippen LogP contribution in [0.2, 0.25) is 0 Å². The first-order chi connectivity index (χ1) is 12.5. The van der Waals surface area contributed by atoms with Crippen molar-refractivity contribution in [2.75, 3.05) is 32.8 Å². The predicted molar refractivity (Wildman–Crippen MR) is 91.1 cm³/mol. The summed E-state index contributed by atoms with van der Waals surface area (Å²) < 4.78 is 20.4. The van der Waals surface area contributed by atoms with Crippen LogP contribution in [0.4, 0.5) is 4.39 Å². The molecule has 1 atom stereocenters. The Hall–Kier alpha value is -1.96. The van der Waals surface area contributed by atoms with Gasteiger partial charge in [0.05, 0.1) is 31.4 Å². The molecule has 0 radical (unpaired) electrons. The summed E-state index contributed by atoms with van der Waals surface area (Å²) in [5.41, 5.74) is 0.741. The van der Waals surface area contributed by atoms with E-state index in [9.17, 15) is 14.0 Å². The molecule has 0 aromatic carbocycles. The normalized spacial score (nSPS) is 28.5. The van der Waals surface area contributed by atoms with Crippen LogP contribution in [0.5, 0.6) is 0 Å². The van der Waals surface area contributed by atoms with Gasteiger partial charge in [-0.05, 0) is 19.8 Å². The quantitative estimate of drug-likeness (QED) is 0.800. The van der Waals surface area contributed by atoms with Crippen LogP contribution in [0.15, 0.2) is 6.20 Å². The number of hydrogen-bond acceptors (Lipinski definition) is 4. The second kappa shape index (κ2) is 6.98. The van der Waals surface area contributed by atoms with Crippen molar-refractivity contribution in [3.63, 3.8) is 0 Å². The van der Waals surface area contributed by atoms with Crippen molar-refractivity contribution in [2.45, 2.75) is 44.9 Å². The Morgan fingerprint density at radius 1 is 1.23 bits per heavy atom. The van der Waals surface area contributed by atoms with Crippen molar-refractivity contribution >= 4 is 11.8 Å². The Balaban J connectivity index is 1.42. The van der Waals surface area contributed by atoms with Gasteiger partial charge in [0.15, 0.2) is 0 Å². The van der Waals surface area contributed by atoms with E-state index in [1.165, 1.54) is 0 Å². The van der Waals surface area contributed by atoms with Gasteiger partial charge in [0.2, 0.25) is 11.8 Å². The lowest BCUT2D eigenvalue weighted by atomic mass is 9.82. The van der Waals surface area contributed by atoms with Gasteiger partial charge in [-0.15, -0.1) is 0 Å². The molecule has 4 rings (SSSR count). The average molecular weight is 364 g/mol. The number of halogens is 1. The molecule has 1 saturated heterocycles. The monoisotopic (exact) mass is 364 g/mol. The van der Waals surface area contributed by atoms with Gasteiger partial charge in [0.1, 0.15) is 12.0 Å². The van der Waals surface area contributed by atoms with Crippen LogP contribution >= 0.6 is 0 Å². The third kappa shape index (κ3) is 3.22. The van der Waals surface area contributed by atoms with E-state index in [2.05, 4.69) is 4.98 Å². The van der Waals surface area contributed by atoms with Crippen molar-refractivity contribution < 1.29 is 18.7 Å². The molecule has 2 amide bonds. The number of nitrogens with zero attached hydrogens (tertiary/aromatic N) is 4. The van der Waals surface area contributed by atoms with Gasteiger partial charge in [0, 0.05) is 38.3 Å². The lowest BCUT2D eigenvalue weighted by Crippen LogP contribution is -2.47. The van der Waals surface area contributed by atoms with E-state index < -0.39 is 6.17 Å². The molecule has 3 heterocycles. The summed E-state index contributed by atoms with van der Waals surface area (Å²) in [5, 5.41) is 0. The van der Waals surface area contributed by atoms with Gasteiger partial charge < -0.3 is 19.1 Å². The van der Waals surface area contributed by atoms with Gasteiger partial charge in [0.25, 0.3) is 0 Å². The molecule has 0 spiro atoms. The van der Waals surface area contributed by atoms with Crippen LogP contribution in [0, 0.1) is 5.92 Å². The van der Waals surface area contributed by atoms with E-state index in [-0.39, 0.29) is 30.2 Å². The van der Waals surface area contributed by atoms with Gasteiger partial charge in [-0.1, -0.05) is 0 Å². The van der Waals surface area contributed by atoms with Crippen LogP contribution < -0.4 is 0 Å². The lowest BCUT2D eigenvalue weighted by Gasteiger charge is -2.39. The highest BCUT2D eigenvalue weighted by Gasteiger charge is 2.40. The molecular formula is C18H25FN4O3. The Morgan fingerprint density at radius 3 is 2.65 bits per heavy atom. The average Bonchev–Trinajstić information content (AvgIpc) is 3.03. The molecule has 2 aliphatic heterocycles. The summed E-state index contributed by atoms with van der Waals surface area (Å²) in [5.74, 6) is 0.723. The molecule has 1 aliphatic carbocycles. The largest absolute Gasteiger partial charge is 0.378 e. The van der Waals surface area contributed by atoms with Crippen LogP contribution in [0.3, 0.4) is 0 Å². The fraction of sp³-hybridized carbons (Fsp3) is 0.722. The Labute approximate surface area is 152 Å². The molecule has 0 bridgehead atoms. The highest BCUT2D eigenvalue weighted by molar-refractivity contribution is 5.80. The maximum atomic E-state index is 13.1. The fourth-order valence-electron chi connectivity index (χ4n) is 4.00. The number of ether oxygens (including phenoxy) is 1. The van der Waals surface area contributed by atoms with Crippen molar-refractivity contribution in [1.82, 2.24) is 19.4 Å². The Bertz CT molecular complexity index is 695. The Kier molecular flexibility index (Phi) is 4.69. The van der Waals surface area contributed by atoms with Crippen molar-refractivity contribution in [2.24, 2.45) is 5.92 Å². The first kappa shape index (κ1) is 17.5. The zero-order valence-electron chi connectivity index (χ0n) is 15.1. The molecule has 3 aliphatic rings. The van der Waals surface area contributed by atoms with Crippen molar-refractivity contribution in [1.29, 1.82) is 0 Å². The van der Waals surface area contributed by atoms with Crippen LogP contribution in [-0.2, 0) is 27.3 Å². The summed E-state index contributed by atoms with van der Waals surface area (Å²) in [6.07, 6.45) is 2.05. The van der Waals surface area contributed by atoms with E-state index >= 15 is 0 Å². The lowest BCUT2D eigenvalue weighted by molar-refractivity contribution is -0.144. The van der Waals surface area contributed by atoms with Crippen LogP contribution in [0.1, 0.15) is 37.3 Å². The molecule has 0 N–H and O–H groups in total. The van der Waals surface area contributed by atoms with E-state index in [0.29, 0.717) is 52.2 Å². The fourth-order valence-corrected chi connectivity index (χ4v) is 4.00. The van der Waals surface area contributed by atoms with Gasteiger partial charge in [-0.2, -0.15) is 0 Å². The van der Waals surface area contributed by atoms with E-state index in [0.717, 1.165) is 11.5 Å². The molecule has 1 saturated carbocycles. The number of carbonyl (C=O) groups excluding carboxylic acids is 2. The number of aromatic nitrogens is 2. The molecule has 26 heavy (non-hydrogen) atoms. The number of imidazole rings is 1. The summed E-state index contributed by atoms with van der Waals surface area (Å²) in [4.78, 5) is 33.3. The molecule has 0 unspecified atom stereocenters. The summed E-state index contributed by atoms with van der Waals surface area (Å²) in [7, 11) is 0. The number of carbonyl (C=O) groups is 2. The highest BCUT2D eigenvalue weighted by atomic mass is 19.1. The number of fused-ring (bicyclic) bond motifs is 1. The van der Waals surface area contributed by atoms with Crippen molar-refractivity contribution in [3.8, 4) is 0 Å². The molecule has 2 fully saturated rings. The number of rotatable bonds is 3. The van der Waals surface area contributed by atoms with E-state index in [1.54, 1.807) is 0 Å². The zero-order valence-corrected chi connectivity index (χ0v) is 15.1. The van der Waals surface area contributed by atoms with Crippen LogP contribution in [0.25, 0.3) is 0 Å². The summed E-state index contributed by atoms with van der Waals surface area (Å²) in [6, 6.07) is -0.151. The maximum absolute atomic E-state index is 13.1. The topological polar surface area (TPSA) is 67.7 Å². The highest BCUT2D eigenvalue weighted by Crippen LogP contribution is 2.35. The van der Waals surface area contributed by atoms with E-state index in [4.69, 9.17) is 4.74 Å². The summed E-state index contributed by atoms with van der Waals surface area (Å²) >= 11 is 0. The summed E-state index contributed by atoms with van der Waals surface area (Å²) in [6.45, 7) is 5.64. The maximum Gasteiger partial charge on any atom is 0.228 e. The smallest absolute Gasteiger partial charge is 0.228 e. The molecule has 142 valence electrons. The van der Waals surface area contributed by atoms with Crippen LogP contribution in [-0.4, -0.2) is 70.2 Å². The molecule has 1 aromatic rings. The molecule has 1 aromatic heterocycles. The first-order valence-electron chi connectivity index (χ1n) is 9.39. The molecular weight excluding hydrogens is 339 g/mol. The van der Waals surface area contributed by atoms with Crippen molar-refractivity contribution in [3.05, 3.63) is 17.7 Å². The minimum Gasteiger partial charge on any atom is -0.378 e. The second-order valence-electron chi connectivity index (χ2n) is 7.43. The van der Waals surface area contributed by atoms with Gasteiger partial charge in [-0.3, -0.25) is 9.59 Å². The van der Waals surface area contributed by atoms with Gasteiger partial charge in [-0.25, -0.2) is 9.37 Å². The Morgan fingerprint density at radius 2 is 1.96 bits per heavy atom. The third-order valence-electron chi connectivity index (χ3n) is 5.69. The standard InChI is InChI=1S/C18H25FN4O3/c1-12-17-20-15(10-16(24)21-4-6-26-7-5-21)11-22(17)2-3-23(12)18(25)13-8-14(19)9-13/h11-14H,2-10H2,1H3/t12-,13?,14?/m1/s1. The van der Waals surface area contributed by atoms with Gasteiger partial charge >= 0.3 is 0 Å². The first-order valence-corrected chi connectivity index (χ1v) is 9.39. The zero-order chi connectivity index (χ0) is 18.3. The predicted octanol–water partition coefficient (Wildman–Crippen LogP) is 0.936. The minimum atomic E-state index is -0.830. The molecule has 8 heteroatoms. The molecule has 7 nitrogen and oxygen atoms in total. The number of alkyl halides is 1. The SMILES string of the molecule is C[C@@H]1c2nc(CC(=O)N3CCOCC3)cn2CCN1C(=O)C1CC(F)C1. The van der Waals surface area contributed by atoms with E-state index in [1.807, 2.05) is 27.5 Å². The second-order valence-corrected chi connectivity index (χ2v) is 7.43. The minimum absolute atomic E-state index is 0.0339. The number of amides is 2. The third-order valence-corrected chi connectivity index (χ3v) is 5.69. The number of morpholine rings is 1. The number of hydrogen-bond donors (Lipinski definition) is 0.